The van der Waals surface area contributed by atoms with Gasteiger partial charge in [-0.1, -0.05) is 0 Å². The normalized spacial score (nSPS) is 10.4. The van der Waals surface area contributed by atoms with E-state index in [0.717, 1.165) is 0 Å². The molecule has 0 fully saturated rings. The molecule has 7 nitrogen and oxygen atoms in total. The van der Waals surface area contributed by atoms with Gasteiger partial charge in [0.05, 0.1) is 18.6 Å². The Kier molecular flexibility index (Phi) is 5.92. The number of benzene rings is 1. The summed E-state index contributed by atoms with van der Waals surface area (Å²) in [7, 11) is 1.50. The van der Waals surface area contributed by atoms with Crippen molar-refractivity contribution in [2.45, 2.75) is 26.4 Å². The molecule has 2 N–H and O–H groups in total. The second-order valence-electron chi connectivity index (χ2n) is 4.58. The molecule has 1 aromatic rings. The molecule has 1 amide bonds. The SMILES string of the molecule is COc1ccc([N+](=O)[O-])cc1CNCC(=O)NC(C)C. The van der Waals surface area contributed by atoms with Gasteiger partial charge in [-0.15, -0.1) is 0 Å². The van der Waals surface area contributed by atoms with Crippen molar-refractivity contribution in [1.29, 1.82) is 0 Å². The average Bonchev–Trinajstić information content (AvgIpc) is 2.37. The van der Waals surface area contributed by atoms with Crippen LogP contribution in [0.15, 0.2) is 18.2 Å². The molecule has 0 aliphatic rings. The van der Waals surface area contributed by atoms with E-state index in [0.29, 0.717) is 17.9 Å². The molecule has 20 heavy (non-hydrogen) atoms. The third-order valence-electron chi connectivity index (χ3n) is 2.53. The Bertz CT molecular complexity index is 489. The smallest absolute Gasteiger partial charge is 0.270 e. The number of carbonyl (C=O) groups is 1. The number of ether oxygens (including phenoxy) is 1. The number of methoxy groups -OCH3 is 1. The Morgan fingerprint density at radius 2 is 2.15 bits per heavy atom. The van der Waals surface area contributed by atoms with Gasteiger partial charge in [-0.2, -0.15) is 0 Å². The summed E-state index contributed by atoms with van der Waals surface area (Å²) in [5.41, 5.74) is 0.633. The van der Waals surface area contributed by atoms with Crippen molar-refractivity contribution < 1.29 is 14.5 Å². The fourth-order valence-electron chi connectivity index (χ4n) is 1.70. The molecule has 0 saturated heterocycles. The number of amides is 1. The summed E-state index contributed by atoms with van der Waals surface area (Å²) in [6.07, 6.45) is 0. The van der Waals surface area contributed by atoms with Crippen molar-refractivity contribution in [1.82, 2.24) is 10.6 Å². The molecule has 0 bridgehead atoms. The van der Waals surface area contributed by atoms with Gasteiger partial charge in [0.15, 0.2) is 0 Å². The molecule has 0 aliphatic heterocycles. The van der Waals surface area contributed by atoms with Crippen molar-refractivity contribution in [3.05, 3.63) is 33.9 Å². The molecule has 1 aromatic carbocycles. The largest absolute Gasteiger partial charge is 0.496 e. The van der Waals surface area contributed by atoms with Gasteiger partial charge in [0.25, 0.3) is 5.69 Å². The number of rotatable bonds is 7. The van der Waals surface area contributed by atoms with Crippen molar-refractivity contribution in [3.8, 4) is 5.75 Å². The lowest BCUT2D eigenvalue weighted by Gasteiger charge is -2.11. The van der Waals surface area contributed by atoms with E-state index < -0.39 is 4.92 Å². The van der Waals surface area contributed by atoms with Gasteiger partial charge < -0.3 is 15.4 Å². The molecular weight excluding hydrogens is 262 g/mol. The lowest BCUT2D eigenvalue weighted by molar-refractivity contribution is -0.384. The number of nitro benzene ring substituents is 1. The maximum Gasteiger partial charge on any atom is 0.270 e. The number of non-ortho nitro benzene ring substituents is 1. The minimum Gasteiger partial charge on any atom is -0.496 e. The fraction of sp³-hybridized carbons (Fsp3) is 0.462. The van der Waals surface area contributed by atoms with E-state index in [2.05, 4.69) is 10.6 Å². The second kappa shape index (κ2) is 7.44. The minimum absolute atomic E-state index is 0.00534. The highest BCUT2D eigenvalue weighted by Gasteiger charge is 2.11. The predicted octanol–water partition coefficient (Wildman–Crippen LogP) is 1.22. The average molecular weight is 281 g/mol. The standard InChI is InChI=1S/C13H19N3O4/c1-9(2)15-13(17)8-14-7-10-6-11(16(18)19)4-5-12(10)20-3/h4-6,9,14H,7-8H2,1-3H3,(H,15,17). The van der Waals surface area contributed by atoms with Crippen molar-refractivity contribution in [3.63, 3.8) is 0 Å². The van der Waals surface area contributed by atoms with Gasteiger partial charge in [-0.3, -0.25) is 14.9 Å². The molecule has 0 aromatic heterocycles. The summed E-state index contributed by atoms with van der Waals surface area (Å²) in [5.74, 6) is 0.428. The Labute approximate surface area is 117 Å². The van der Waals surface area contributed by atoms with Crippen LogP contribution in [0.3, 0.4) is 0 Å². The monoisotopic (exact) mass is 281 g/mol. The molecule has 7 heteroatoms. The summed E-state index contributed by atoms with van der Waals surface area (Å²) < 4.78 is 5.14. The quantitative estimate of drug-likeness (QED) is 0.579. The Morgan fingerprint density at radius 3 is 2.70 bits per heavy atom. The molecule has 0 aliphatic carbocycles. The first-order chi connectivity index (χ1) is 9.43. The first-order valence-corrected chi connectivity index (χ1v) is 6.25. The summed E-state index contributed by atoms with van der Waals surface area (Å²) in [6.45, 7) is 4.21. The molecular formula is C13H19N3O4. The third kappa shape index (κ3) is 4.85. The van der Waals surface area contributed by atoms with Crippen LogP contribution in [0.1, 0.15) is 19.4 Å². The van der Waals surface area contributed by atoms with E-state index in [9.17, 15) is 14.9 Å². The van der Waals surface area contributed by atoms with E-state index in [1.807, 2.05) is 13.8 Å². The molecule has 0 heterocycles. The topological polar surface area (TPSA) is 93.5 Å². The van der Waals surface area contributed by atoms with Gasteiger partial charge in [-0.05, 0) is 19.9 Å². The molecule has 0 unspecified atom stereocenters. The highest BCUT2D eigenvalue weighted by molar-refractivity contribution is 5.78. The zero-order valence-electron chi connectivity index (χ0n) is 11.8. The van der Waals surface area contributed by atoms with Crippen LogP contribution in [0.5, 0.6) is 5.75 Å². The van der Waals surface area contributed by atoms with Gasteiger partial charge in [0.1, 0.15) is 5.75 Å². The molecule has 0 atom stereocenters. The number of nitrogens with zero attached hydrogens (tertiary/aromatic N) is 1. The lowest BCUT2D eigenvalue weighted by atomic mass is 10.1. The molecule has 1 rings (SSSR count). The maximum absolute atomic E-state index is 11.5. The minimum atomic E-state index is -0.464. The van der Waals surface area contributed by atoms with Crippen LogP contribution in [-0.2, 0) is 11.3 Å². The Hall–Kier alpha value is -2.15. The highest BCUT2D eigenvalue weighted by atomic mass is 16.6. The summed E-state index contributed by atoms with van der Waals surface area (Å²) >= 11 is 0. The first kappa shape index (κ1) is 15.9. The number of hydrogen-bond donors (Lipinski definition) is 2. The van der Waals surface area contributed by atoms with Crippen LogP contribution in [-0.4, -0.2) is 30.5 Å². The van der Waals surface area contributed by atoms with Crippen LogP contribution in [0.4, 0.5) is 5.69 Å². The fourth-order valence-corrected chi connectivity index (χ4v) is 1.70. The Balaban J connectivity index is 2.64. The van der Waals surface area contributed by atoms with Crippen molar-refractivity contribution in [2.75, 3.05) is 13.7 Å². The maximum atomic E-state index is 11.5. The number of nitrogens with one attached hydrogen (secondary N) is 2. The predicted molar refractivity (Wildman–Crippen MR) is 74.6 cm³/mol. The summed E-state index contributed by atoms with van der Waals surface area (Å²) in [4.78, 5) is 21.7. The molecule has 0 radical (unpaired) electrons. The van der Waals surface area contributed by atoms with Crippen LogP contribution in [0.2, 0.25) is 0 Å². The van der Waals surface area contributed by atoms with Gasteiger partial charge in [0, 0.05) is 30.3 Å². The van der Waals surface area contributed by atoms with E-state index in [-0.39, 0.29) is 24.2 Å². The van der Waals surface area contributed by atoms with Gasteiger partial charge >= 0.3 is 0 Å². The lowest BCUT2D eigenvalue weighted by Crippen LogP contribution is -2.37. The number of carbonyl (C=O) groups excluding carboxylic acids is 1. The zero-order chi connectivity index (χ0) is 15.1. The van der Waals surface area contributed by atoms with E-state index >= 15 is 0 Å². The van der Waals surface area contributed by atoms with Crippen molar-refractivity contribution >= 4 is 11.6 Å². The van der Waals surface area contributed by atoms with Crippen LogP contribution in [0.25, 0.3) is 0 Å². The van der Waals surface area contributed by atoms with Crippen molar-refractivity contribution in [2.24, 2.45) is 0 Å². The number of nitro groups is 1. The molecule has 0 saturated carbocycles. The van der Waals surface area contributed by atoms with Gasteiger partial charge in [-0.25, -0.2) is 0 Å². The number of hydrogen-bond acceptors (Lipinski definition) is 5. The van der Waals surface area contributed by atoms with E-state index in [4.69, 9.17) is 4.74 Å². The molecule has 110 valence electrons. The zero-order valence-corrected chi connectivity index (χ0v) is 11.8. The first-order valence-electron chi connectivity index (χ1n) is 6.25. The van der Waals surface area contributed by atoms with Crippen LogP contribution in [0, 0.1) is 10.1 Å². The van der Waals surface area contributed by atoms with Crippen LogP contribution < -0.4 is 15.4 Å². The van der Waals surface area contributed by atoms with E-state index in [1.54, 1.807) is 6.07 Å². The summed E-state index contributed by atoms with van der Waals surface area (Å²) in [5, 5.41) is 16.4. The third-order valence-corrected chi connectivity index (χ3v) is 2.53. The molecule has 0 spiro atoms. The Morgan fingerprint density at radius 1 is 1.45 bits per heavy atom. The highest BCUT2D eigenvalue weighted by Crippen LogP contribution is 2.23. The van der Waals surface area contributed by atoms with Gasteiger partial charge in [0.2, 0.25) is 5.91 Å². The van der Waals surface area contributed by atoms with E-state index in [1.165, 1.54) is 19.2 Å². The van der Waals surface area contributed by atoms with Crippen LogP contribution >= 0.6 is 0 Å². The second-order valence-corrected chi connectivity index (χ2v) is 4.58. The summed E-state index contributed by atoms with van der Waals surface area (Å²) in [6, 6.07) is 4.44.